The van der Waals surface area contributed by atoms with Gasteiger partial charge in [0.2, 0.25) is 0 Å². The number of anilines is 2. The monoisotopic (exact) mass is 402 g/mol. The second-order valence-corrected chi connectivity index (χ2v) is 7.73. The van der Waals surface area contributed by atoms with Gasteiger partial charge in [-0.25, -0.2) is 17.2 Å². The number of benzene rings is 3. The molecule has 0 radical (unpaired) electrons. The highest BCUT2D eigenvalue weighted by atomic mass is 32.2. The average Bonchev–Trinajstić information content (AvgIpc) is 2.66. The highest BCUT2D eigenvalue weighted by Crippen LogP contribution is 2.21. The molecule has 0 atom stereocenters. The summed E-state index contributed by atoms with van der Waals surface area (Å²) in [5.74, 6) is -2.00. The van der Waals surface area contributed by atoms with Crippen LogP contribution in [0.15, 0.2) is 71.6 Å². The lowest BCUT2D eigenvalue weighted by atomic mass is 10.2. The van der Waals surface area contributed by atoms with Gasteiger partial charge < -0.3 is 5.32 Å². The molecule has 0 aliphatic carbocycles. The molecule has 3 rings (SSSR count). The van der Waals surface area contributed by atoms with Crippen molar-refractivity contribution in [2.45, 2.75) is 11.8 Å². The Bertz CT molecular complexity index is 1150. The molecule has 8 heteroatoms. The van der Waals surface area contributed by atoms with Gasteiger partial charge in [-0.2, -0.15) is 0 Å². The third kappa shape index (κ3) is 4.34. The fourth-order valence-corrected chi connectivity index (χ4v) is 3.58. The molecule has 0 saturated carbocycles. The minimum absolute atomic E-state index is 0.0105. The van der Waals surface area contributed by atoms with Gasteiger partial charge in [-0.15, -0.1) is 0 Å². The molecule has 0 bridgehead atoms. The van der Waals surface area contributed by atoms with Crippen LogP contribution in [0.4, 0.5) is 20.2 Å². The molecule has 0 aliphatic rings. The first-order valence-corrected chi connectivity index (χ1v) is 9.69. The van der Waals surface area contributed by atoms with Crippen LogP contribution >= 0.6 is 0 Å². The Balaban J connectivity index is 1.85. The molecule has 0 fully saturated rings. The van der Waals surface area contributed by atoms with Crippen LogP contribution in [0.2, 0.25) is 0 Å². The van der Waals surface area contributed by atoms with Gasteiger partial charge in [-0.1, -0.05) is 24.3 Å². The van der Waals surface area contributed by atoms with Crippen molar-refractivity contribution in [2.75, 3.05) is 10.0 Å². The molecule has 5 nitrogen and oxygen atoms in total. The van der Waals surface area contributed by atoms with Gasteiger partial charge in [-0.3, -0.25) is 9.52 Å². The summed E-state index contributed by atoms with van der Waals surface area (Å²) in [5.41, 5.74) is 0.478. The van der Waals surface area contributed by atoms with Crippen molar-refractivity contribution in [3.8, 4) is 0 Å². The molecule has 0 saturated heterocycles. The third-order valence-corrected chi connectivity index (χ3v) is 5.26. The third-order valence-electron chi connectivity index (χ3n) is 3.90. The molecule has 0 aromatic heterocycles. The van der Waals surface area contributed by atoms with Crippen molar-refractivity contribution in [3.05, 3.63) is 89.5 Å². The molecule has 0 aliphatic heterocycles. The van der Waals surface area contributed by atoms with Crippen molar-refractivity contribution in [1.29, 1.82) is 0 Å². The highest BCUT2D eigenvalue weighted by Gasteiger charge is 2.18. The first-order valence-electron chi connectivity index (χ1n) is 8.21. The van der Waals surface area contributed by atoms with Crippen molar-refractivity contribution in [2.24, 2.45) is 0 Å². The maximum Gasteiger partial charge on any atom is 0.262 e. The smallest absolute Gasteiger partial charge is 0.262 e. The highest BCUT2D eigenvalue weighted by molar-refractivity contribution is 7.92. The molecule has 0 heterocycles. The fraction of sp³-hybridized carbons (Fsp3) is 0.0500. The van der Waals surface area contributed by atoms with Gasteiger partial charge in [-0.05, 0) is 55.0 Å². The molecule has 1 amide bonds. The lowest BCUT2D eigenvalue weighted by molar-refractivity contribution is 0.102. The van der Waals surface area contributed by atoms with Gasteiger partial charge in [0.15, 0.2) is 0 Å². The summed E-state index contributed by atoms with van der Waals surface area (Å²) >= 11 is 0. The van der Waals surface area contributed by atoms with Crippen molar-refractivity contribution < 1.29 is 22.0 Å². The summed E-state index contributed by atoms with van der Waals surface area (Å²) < 4.78 is 54.8. The van der Waals surface area contributed by atoms with Crippen LogP contribution in [0.1, 0.15) is 15.9 Å². The van der Waals surface area contributed by atoms with Crippen molar-refractivity contribution in [3.63, 3.8) is 0 Å². The van der Waals surface area contributed by atoms with Crippen LogP contribution in [0.3, 0.4) is 0 Å². The Morgan fingerprint density at radius 2 is 1.61 bits per heavy atom. The summed E-state index contributed by atoms with van der Waals surface area (Å²) in [6.45, 7) is 1.71. The Kier molecular flexibility index (Phi) is 5.41. The van der Waals surface area contributed by atoms with Gasteiger partial charge >= 0.3 is 0 Å². The normalized spacial score (nSPS) is 11.1. The number of amides is 1. The van der Waals surface area contributed by atoms with E-state index in [1.54, 1.807) is 13.0 Å². The number of hydrogen-bond acceptors (Lipinski definition) is 3. The molecular weight excluding hydrogens is 386 g/mol. The zero-order chi connectivity index (χ0) is 20.3. The SMILES string of the molecule is Cc1ccc(NC(=O)c2cccc(S(=O)(=O)Nc3ccccc3F)c2)c(F)c1. The quantitative estimate of drug-likeness (QED) is 0.667. The molecule has 0 unspecified atom stereocenters. The lowest BCUT2D eigenvalue weighted by Gasteiger charge is -2.11. The molecule has 28 heavy (non-hydrogen) atoms. The number of nitrogens with one attached hydrogen (secondary N) is 2. The van der Waals surface area contributed by atoms with Gasteiger partial charge in [0.05, 0.1) is 16.3 Å². The Labute approximate surface area is 161 Å². The van der Waals surface area contributed by atoms with E-state index in [-0.39, 0.29) is 21.8 Å². The number of aryl methyl sites for hydroxylation is 1. The van der Waals surface area contributed by atoms with E-state index in [0.717, 1.165) is 12.1 Å². The van der Waals surface area contributed by atoms with E-state index in [4.69, 9.17) is 0 Å². The van der Waals surface area contributed by atoms with E-state index < -0.39 is 27.6 Å². The molecule has 0 spiro atoms. The van der Waals surface area contributed by atoms with E-state index in [9.17, 15) is 22.0 Å². The Morgan fingerprint density at radius 1 is 0.857 bits per heavy atom. The molecule has 144 valence electrons. The summed E-state index contributed by atoms with van der Waals surface area (Å²) in [5, 5.41) is 2.40. The lowest BCUT2D eigenvalue weighted by Crippen LogP contribution is -2.17. The van der Waals surface area contributed by atoms with E-state index in [2.05, 4.69) is 10.0 Å². The largest absolute Gasteiger partial charge is 0.319 e. The summed E-state index contributed by atoms with van der Waals surface area (Å²) in [6.07, 6.45) is 0. The zero-order valence-corrected chi connectivity index (χ0v) is 15.6. The second kappa shape index (κ2) is 7.77. The zero-order valence-electron chi connectivity index (χ0n) is 14.7. The summed E-state index contributed by atoms with van der Waals surface area (Å²) in [4.78, 5) is 12.2. The van der Waals surface area contributed by atoms with Crippen molar-refractivity contribution >= 4 is 27.3 Å². The van der Waals surface area contributed by atoms with Crippen LogP contribution in [0, 0.1) is 18.6 Å². The maximum atomic E-state index is 13.9. The number of carbonyl (C=O) groups is 1. The Morgan fingerprint density at radius 3 is 2.32 bits per heavy atom. The van der Waals surface area contributed by atoms with Gasteiger partial charge in [0.1, 0.15) is 11.6 Å². The van der Waals surface area contributed by atoms with Crippen LogP contribution in [-0.2, 0) is 10.0 Å². The van der Waals surface area contributed by atoms with Crippen LogP contribution in [0.25, 0.3) is 0 Å². The van der Waals surface area contributed by atoms with E-state index in [1.165, 1.54) is 48.5 Å². The number of carbonyl (C=O) groups excluding carboxylic acids is 1. The maximum absolute atomic E-state index is 13.9. The van der Waals surface area contributed by atoms with Crippen molar-refractivity contribution in [1.82, 2.24) is 0 Å². The minimum Gasteiger partial charge on any atom is -0.319 e. The average molecular weight is 402 g/mol. The predicted molar refractivity (Wildman–Crippen MR) is 103 cm³/mol. The number of halogens is 2. The second-order valence-electron chi connectivity index (χ2n) is 6.05. The minimum atomic E-state index is -4.12. The fourth-order valence-electron chi connectivity index (χ4n) is 2.47. The van der Waals surface area contributed by atoms with Crippen LogP contribution < -0.4 is 10.0 Å². The number of sulfonamides is 1. The van der Waals surface area contributed by atoms with Crippen LogP contribution in [0.5, 0.6) is 0 Å². The number of para-hydroxylation sites is 1. The van der Waals surface area contributed by atoms with Crippen LogP contribution in [-0.4, -0.2) is 14.3 Å². The molecular formula is C20H16F2N2O3S. The number of hydrogen-bond donors (Lipinski definition) is 2. The van der Waals surface area contributed by atoms with E-state index >= 15 is 0 Å². The van der Waals surface area contributed by atoms with E-state index in [0.29, 0.717) is 5.56 Å². The standard InChI is InChI=1S/C20H16F2N2O3S/c1-13-9-10-18(17(22)11-13)23-20(25)14-5-4-6-15(12-14)28(26,27)24-19-8-3-2-7-16(19)21/h2-12,24H,1H3,(H,23,25). The Hall–Kier alpha value is -3.26. The summed E-state index contributed by atoms with van der Waals surface area (Å²) in [6, 6.07) is 14.8. The van der Waals surface area contributed by atoms with Gasteiger partial charge in [0, 0.05) is 5.56 Å². The predicted octanol–water partition coefficient (Wildman–Crippen LogP) is 4.33. The number of rotatable bonds is 5. The first-order chi connectivity index (χ1) is 13.3. The van der Waals surface area contributed by atoms with Gasteiger partial charge in [0.25, 0.3) is 15.9 Å². The summed E-state index contributed by atoms with van der Waals surface area (Å²) in [7, 11) is -4.12. The molecule has 2 N–H and O–H groups in total. The van der Waals surface area contributed by atoms with E-state index in [1.807, 2.05) is 0 Å². The topological polar surface area (TPSA) is 75.3 Å². The first kappa shape index (κ1) is 19.5. The molecule has 3 aromatic carbocycles. The molecule has 3 aromatic rings.